The van der Waals surface area contributed by atoms with E-state index in [0.29, 0.717) is 6.04 Å². The Bertz CT molecular complexity index is 663. The predicted octanol–water partition coefficient (Wildman–Crippen LogP) is 3.76. The van der Waals surface area contributed by atoms with Crippen molar-refractivity contribution in [2.24, 2.45) is 11.8 Å². The molecule has 0 atom stereocenters. The summed E-state index contributed by atoms with van der Waals surface area (Å²) in [6.45, 7) is 4.16. The van der Waals surface area contributed by atoms with Crippen molar-refractivity contribution in [1.82, 2.24) is 15.0 Å². The first-order chi connectivity index (χ1) is 10.7. The number of nitrogens with one attached hydrogen (secondary N) is 1. The van der Waals surface area contributed by atoms with Crippen molar-refractivity contribution < 1.29 is 0 Å². The molecule has 0 bridgehead atoms. The third kappa shape index (κ3) is 2.70. The van der Waals surface area contributed by atoms with Gasteiger partial charge in [0.1, 0.15) is 11.5 Å². The van der Waals surface area contributed by atoms with E-state index in [-0.39, 0.29) is 0 Å². The highest BCUT2D eigenvalue weighted by Crippen LogP contribution is 2.46. The lowest BCUT2D eigenvalue weighted by molar-refractivity contribution is 0.565. The lowest BCUT2D eigenvalue weighted by Gasteiger charge is -2.20. The molecule has 0 unspecified atom stereocenters. The summed E-state index contributed by atoms with van der Waals surface area (Å²) >= 11 is 0. The molecular weight excluding hydrogens is 272 g/mol. The van der Waals surface area contributed by atoms with Gasteiger partial charge in [-0.2, -0.15) is 0 Å². The minimum atomic E-state index is 0.601. The van der Waals surface area contributed by atoms with Gasteiger partial charge in [-0.1, -0.05) is 6.07 Å². The van der Waals surface area contributed by atoms with Gasteiger partial charge >= 0.3 is 0 Å². The molecule has 0 radical (unpaired) electrons. The Kier molecular flexibility index (Phi) is 3.32. The van der Waals surface area contributed by atoms with E-state index in [1.807, 2.05) is 18.2 Å². The van der Waals surface area contributed by atoms with Gasteiger partial charge in [-0.05, 0) is 63.5 Å². The van der Waals surface area contributed by atoms with Crippen LogP contribution in [-0.2, 0) is 0 Å². The largest absolute Gasteiger partial charge is 0.366 e. The first-order valence-corrected chi connectivity index (χ1v) is 8.25. The zero-order chi connectivity index (χ0) is 15.1. The molecule has 4 rings (SSSR count). The standard InChI is InChI=1S/C18H22N4/c1-11-12(2)20-18(15-5-3-4-10-19-15)22-17(11)21-16(13-6-7-13)14-8-9-14/h3-5,10,13-14,16H,6-9H2,1-2H3,(H,20,21,22). The van der Waals surface area contributed by atoms with Crippen LogP contribution in [0.3, 0.4) is 0 Å². The summed E-state index contributed by atoms with van der Waals surface area (Å²) in [5.41, 5.74) is 3.03. The fourth-order valence-corrected chi connectivity index (χ4v) is 3.07. The van der Waals surface area contributed by atoms with Crippen LogP contribution in [0.5, 0.6) is 0 Å². The maximum atomic E-state index is 4.78. The second kappa shape index (κ2) is 5.34. The minimum absolute atomic E-state index is 0.601. The molecule has 0 aromatic carbocycles. The Morgan fingerprint density at radius 1 is 1.05 bits per heavy atom. The highest BCUT2D eigenvalue weighted by molar-refractivity contribution is 5.56. The summed E-state index contributed by atoms with van der Waals surface area (Å²) in [7, 11) is 0. The van der Waals surface area contributed by atoms with E-state index in [9.17, 15) is 0 Å². The van der Waals surface area contributed by atoms with Gasteiger partial charge in [0.2, 0.25) is 0 Å². The maximum Gasteiger partial charge on any atom is 0.180 e. The van der Waals surface area contributed by atoms with E-state index in [1.165, 1.54) is 25.7 Å². The number of hydrogen-bond acceptors (Lipinski definition) is 4. The normalized spacial score (nSPS) is 17.8. The third-order valence-electron chi connectivity index (χ3n) is 4.85. The first-order valence-electron chi connectivity index (χ1n) is 8.25. The molecule has 4 heteroatoms. The number of pyridine rings is 1. The molecule has 2 fully saturated rings. The van der Waals surface area contributed by atoms with Crippen molar-refractivity contribution in [3.63, 3.8) is 0 Å². The molecule has 2 aliphatic carbocycles. The molecule has 1 N–H and O–H groups in total. The Labute approximate surface area is 131 Å². The van der Waals surface area contributed by atoms with Crippen molar-refractivity contribution in [3.05, 3.63) is 35.7 Å². The number of rotatable bonds is 5. The summed E-state index contributed by atoms with van der Waals surface area (Å²) in [6, 6.07) is 6.46. The molecule has 2 heterocycles. The summed E-state index contributed by atoms with van der Waals surface area (Å²) in [4.78, 5) is 13.8. The Balaban J connectivity index is 1.67. The van der Waals surface area contributed by atoms with Gasteiger partial charge in [0.15, 0.2) is 5.82 Å². The van der Waals surface area contributed by atoms with Gasteiger partial charge in [0, 0.05) is 23.5 Å². The lowest BCUT2D eigenvalue weighted by Crippen LogP contribution is -2.25. The van der Waals surface area contributed by atoms with Crippen molar-refractivity contribution in [3.8, 4) is 11.5 Å². The molecule has 0 saturated heterocycles. The van der Waals surface area contributed by atoms with Gasteiger partial charge in [-0.25, -0.2) is 9.97 Å². The maximum absolute atomic E-state index is 4.78. The number of hydrogen-bond donors (Lipinski definition) is 1. The molecule has 2 saturated carbocycles. The Morgan fingerprint density at radius 3 is 2.36 bits per heavy atom. The summed E-state index contributed by atoms with van der Waals surface area (Å²) in [5.74, 6) is 3.41. The van der Waals surface area contributed by atoms with Crippen LogP contribution in [-0.4, -0.2) is 21.0 Å². The van der Waals surface area contributed by atoms with E-state index in [0.717, 1.165) is 40.4 Å². The van der Waals surface area contributed by atoms with Crippen LogP contribution < -0.4 is 5.32 Å². The zero-order valence-corrected chi connectivity index (χ0v) is 13.2. The van der Waals surface area contributed by atoms with Crippen molar-refractivity contribution in [2.75, 3.05) is 5.32 Å². The summed E-state index contributed by atoms with van der Waals surface area (Å²) < 4.78 is 0. The smallest absolute Gasteiger partial charge is 0.180 e. The van der Waals surface area contributed by atoms with Crippen LogP contribution in [0.1, 0.15) is 36.9 Å². The fourth-order valence-electron chi connectivity index (χ4n) is 3.07. The van der Waals surface area contributed by atoms with E-state index in [2.05, 4.69) is 29.1 Å². The second-order valence-corrected chi connectivity index (χ2v) is 6.67. The molecule has 0 aliphatic heterocycles. The van der Waals surface area contributed by atoms with E-state index < -0.39 is 0 Å². The van der Waals surface area contributed by atoms with Crippen LogP contribution >= 0.6 is 0 Å². The van der Waals surface area contributed by atoms with E-state index in [4.69, 9.17) is 4.98 Å². The molecule has 2 aromatic rings. The lowest BCUT2D eigenvalue weighted by atomic mass is 10.1. The van der Waals surface area contributed by atoms with Crippen LogP contribution in [0.25, 0.3) is 11.5 Å². The third-order valence-corrected chi connectivity index (χ3v) is 4.85. The average molecular weight is 294 g/mol. The molecule has 114 valence electrons. The minimum Gasteiger partial charge on any atom is -0.366 e. The highest BCUT2D eigenvalue weighted by atomic mass is 15.1. The van der Waals surface area contributed by atoms with Crippen LogP contribution in [0, 0.1) is 25.7 Å². The SMILES string of the molecule is Cc1nc(-c2ccccn2)nc(NC(C2CC2)C2CC2)c1C. The van der Waals surface area contributed by atoms with Gasteiger partial charge in [-0.3, -0.25) is 4.98 Å². The van der Waals surface area contributed by atoms with Gasteiger partial charge in [0.25, 0.3) is 0 Å². The van der Waals surface area contributed by atoms with Gasteiger partial charge in [0.05, 0.1) is 0 Å². The molecule has 2 aromatic heterocycles. The van der Waals surface area contributed by atoms with Gasteiger partial charge in [-0.15, -0.1) is 0 Å². The number of aromatic nitrogens is 3. The van der Waals surface area contributed by atoms with Crippen LogP contribution in [0.4, 0.5) is 5.82 Å². The highest BCUT2D eigenvalue weighted by Gasteiger charge is 2.41. The van der Waals surface area contributed by atoms with Crippen LogP contribution in [0.15, 0.2) is 24.4 Å². The Hall–Kier alpha value is -1.97. The predicted molar refractivity (Wildman–Crippen MR) is 87.6 cm³/mol. The molecule has 0 spiro atoms. The first kappa shape index (κ1) is 13.7. The summed E-state index contributed by atoms with van der Waals surface area (Å²) in [6.07, 6.45) is 7.25. The summed E-state index contributed by atoms with van der Waals surface area (Å²) in [5, 5.41) is 3.74. The molecule has 22 heavy (non-hydrogen) atoms. The van der Waals surface area contributed by atoms with E-state index in [1.54, 1.807) is 6.20 Å². The van der Waals surface area contributed by atoms with Gasteiger partial charge < -0.3 is 5.32 Å². The average Bonchev–Trinajstić information content (AvgIpc) is 3.42. The van der Waals surface area contributed by atoms with Crippen LogP contribution in [0.2, 0.25) is 0 Å². The fraction of sp³-hybridized carbons (Fsp3) is 0.500. The van der Waals surface area contributed by atoms with Crippen molar-refractivity contribution in [1.29, 1.82) is 0 Å². The monoisotopic (exact) mass is 294 g/mol. The second-order valence-electron chi connectivity index (χ2n) is 6.67. The number of anilines is 1. The van der Waals surface area contributed by atoms with Crippen molar-refractivity contribution >= 4 is 5.82 Å². The molecule has 2 aliphatic rings. The topological polar surface area (TPSA) is 50.7 Å². The molecule has 0 amide bonds. The zero-order valence-electron chi connectivity index (χ0n) is 13.2. The molecule has 4 nitrogen and oxygen atoms in total. The van der Waals surface area contributed by atoms with E-state index >= 15 is 0 Å². The van der Waals surface area contributed by atoms with Crippen molar-refractivity contribution in [2.45, 2.75) is 45.6 Å². The number of nitrogens with zero attached hydrogens (tertiary/aromatic N) is 3. The molecular formula is C18H22N4. The quantitative estimate of drug-likeness (QED) is 0.912. The Morgan fingerprint density at radius 2 is 1.77 bits per heavy atom. The number of aryl methyl sites for hydroxylation is 1.